The lowest BCUT2D eigenvalue weighted by atomic mass is 10.1. The number of benzene rings is 2. The molecule has 7 heteroatoms. The topological polar surface area (TPSA) is 76.9 Å². The summed E-state index contributed by atoms with van der Waals surface area (Å²) in [7, 11) is 0. The summed E-state index contributed by atoms with van der Waals surface area (Å²) in [4.78, 5) is 24.5. The number of nitrogens with one attached hydrogen (secondary N) is 1. The molecule has 3 aromatic rings. The first kappa shape index (κ1) is 20.5. The lowest BCUT2D eigenvalue weighted by molar-refractivity contribution is -0.115. The molecule has 0 spiro atoms. The van der Waals surface area contributed by atoms with Crippen molar-refractivity contribution in [2.45, 2.75) is 30.8 Å². The number of hydrogen-bond acceptors (Lipinski definition) is 5. The average Bonchev–Trinajstić information content (AvgIpc) is 3.11. The molecule has 0 fully saturated rings. The zero-order chi connectivity index (χ0) is 20.8. The molecule has 0 saturated carbocycles. The van der Waals surface area contributed by atoms with Gasteiger partial charge in [-0.05, 0) is 26.0 Å². The van der Waals surface area contributed by atoms with Crippen molar-refractivity contribution in [3.63, 3.8) is 0 Å². The second-order valence-electron chi connectivity index (χ2n) is 6.42. The van der Waals surface area contributed by atoms with E-state index in [-0.39, 0.29) is 11.7 Å². The van der Waals surface area contributed by atoms with Crippen LogP contribution < -0.4 is 5.32 Å². The molecule has 148 valence electrons. The second kappa shape index (κ2) is 9.34. The minimum Gasteiger partial charge on any atom is -0.324 e. The third kappa shape index (κ3) is 4.81. The molecular weight excluding hydrogens is 384 g/mol. The number of allylic oxidation sites excluding steroid dienone is 1. The van der Waals surface area contributed by atoms with E-state index in [9.17, 15) is 9.59 Å². The summed E-state index contributed by atoms with van der Waals surface area (Å²) in [5, 5.41) is 11.6. The van der Waals surface area contributed by atoms with Crippen LogP contribution in [0, 0.1) is 0 Å². The molecule has 1 aromatic heterocycles. The van der Waals surface area contributed by atoms with Gasteiger partial charge in [0.15, 0.2) is 16.8 Å². The van der Waals surface area contributed by atoms with Gasteiger partial charge in [0.1, 0.15) is 0 Å². The van der Waals surface area contributed by atoms with E-state index in [1.165, 1.54) is 18.7 Å². The Labute approximate surface area is 174 Å². The minimum atomic E-state index is -0.439. The third-order valence-electron chi connectivity index (χ3n) is 4.28. The Bertz CT molecular complexity index is 1030. The number of carbonyl (C=O) groups is 2. The van der Waals surface area contributed by atoms with Crippen LogP contribution in [0.1, 0.15) is 24.2 Å². The molecular formula is C22H22N4O2S. The highest BCUT2D eigenvalue weighted by molar-refractivity contribution is 8.00. The smallest absolute Gasteiger partial charge is 0.237 e. The molecule has 1 atom stereocenters. The van der Waals surface area contributed by atoms with E-state index >= 15 is 0 Å². The Hall–Kier alpha value is -3.19. The van der Waals surface area contributed by atoms with Gasteiger partial charge in [-0.1, -0.05) is 60.3 Å². The van der Waals surface area contributed by atoms with Crippen LogP contribution in [0.25, 0.3) is 11.4 Å². The summed E-state index contributed by atoms with van der Waals surface area (Å²) >= 11 is 1.31. The van der Waals surface area contributed by atoms with Gasteiger partial charge in [-0.25, -0.2) is 0 Å². The van der Waals surface area contributed by atoms with Crippen molar-refractivity contribution < 1.29 is 9.59 Å². The van der Waals surface area contributed by atoms with Gasteiger partial charge in [0.2, 0.25) is 5.91 Å². The Morgan fingerprint density at radius 3 is 2.52 bits per heavy atom. The lowest BCUT2D eigenvalue weighted by Gasteiger charge is -2.14. The molecule has 2 aromatic carbocycles. The van der Waals surface area contributed by atoms with E-state index < -0.39 is 5.25 Å². The predicted molar refractivity (Wildman–Crippen MR) is 116 cm³/mol. The molecule has 0 saturated heterocycles. The van der Waals surface area contributed by atoms with Gasteiger partial charge < -0.3 is 5.32 Å². The third-order valence-corrected chi connectivity index (χ3v) is 5.36. The monoisotopic (exact) mass is 406 g/mol. The molecule has 0 aliphatic carbocycles. The number of para-hydroxylation sites is 1. The van der Waals surface area contributed by atoms with Crippen molar-refractivity contribution >= 4 is 29.1 Å². The van der Waals surface area contributed by atoms with E-state index in [4.69, 9.17) is 0 Å². The van der Waals surface area contributed by atoms with Gasteiger partial charge in [0.25, 0.3) is 0 Å². The van der Waals surface area contributed by atoms with E-state index in [2.05, 4.69) is 22.1 Å². The SMILES string of the molecule is C=CCn1c(SC(C)C(=O)Nc2ccccc2C(C)=O)nnc1-c1ccccc1. The number of rotatable bonds is 8. The number of ketones is 1. The Kier molecular flexibility index (Phi) is 6.61. The first-order valence-electron chi connectivity index (χ1n) is 9.18. The van der Waals surface area contributed by atoms with Gasteiger partial charge in [-0.15, -0.1) is 16.8 Å². The van der Waals surface area contributed by atoms with Crippen LogP contribution in [0.4, 0.5) is 5.69 Å². The number of carbonyl (C=O) groups excluding carboxylic acids is 2. The fraction of sp³-hybridized carbons (Fsp3) is 0.182. The van der Waals surface area contributed by atoms with Gasteiger partial charge in [-0.3, -0.25) is 14.2 Å². The molecule has 1 amide bonds. The number of amides is 1. The molecule has 3 rings (SSSR count). The first-order chi connectivity index (χ1) is 14.0. The second-order valence-corrected chi connectivity index (χ2v) is 7.73. The molecule has 1 N–H and O–H groups in total. The van der Waals surface area contributed by atoms with Crippen LogP contribution in [-0.4, -0.2) is 31.7 Å². The van der Waals surface area contributed by atoms with Crippen LogP contribution in [0.2, 0.25) is 0 Å². The largest absolute Gasteiger partial charge is 0.324 e. The molecule has 0 bridgehead atoms. The number of Topliss-reactive ketones (excluding diaryl/α,β-unsaturated/α-hetero) is 1. The number of hydrogen-bond donors (Lipinski definition) is 1. The fourth-order valence-electron chi connectivity index (χ4n) is 2.82. The zero-order valence-corrected chi connectivity index (χ0v) is 17.1. The standard InChI is InChI=1S/C22H22N4O2S/c1-4-14-26-20(17-10-6-5-7-11-17)24-25-22(26)29-16(3)21(28)23-19-13-9-8-12-18(19)15(2)27/h4-13,16H,1,14H2,2-3H3,(H,23,28). The van der Waals surface area contributed by atoms with Crippen LogP contribution in [0.15, 0.2) is 72.4 Å². The van der Waals surface area contributed by atoms with Gasteiger partial charge in [-0.2, -0.15) is 0 Å². The van der Waals surface area contributed by atoms with Crippen molar-refractivity contribution in [3.05, 3.63) is 72.8 Å². The quantitative estimate of drug-likeness (QED) is 0.340. The van der Waals surface area contributed by atoms with Gasteiger partial charge in [0.05, 0.1) is 10.9 Å². The summed E-state index contributed by atoms with van der Waals surface area (Å²) < 4.78 is 1.93. The molecule has 0 aliphatic rings. The maximum absolute atomic E-state index is 12.7. The highest BCUT2D eigenvalue weighted by Crippen LogP contribution is 2.28. The molecule has 29 heavy (non-hydrogen) atoms. The zero-order valence-electron chi connectivity index (χ0n) is 16.3. The van der Waals surface area contributed by atoms with Crippen molar-refractivity contribution in [1.82, 2.24) is 14.8 Å². The number of thioether (sulfide) groups is 1. The van der Waals surface area contributed by atoms with Crippen LogP contribution in [0.3, 0.4) is 0 Å². The number of aromatic nitrogens is 3. The number of anilines is 1. The minimum absolute atomic E-state index is 0.0977. The van der Waals surface area contributed by atoms with E-state index in [0.717, 1.165) is 11.4 Å². The fourth-order valence-corrected chi connectivity index (χ4v) is 3.67. The normalized spacial score (nSPS) is 11.7. The summed E-state index contributed by atoms with van der Waals surface area (Å²) in [5.41, 5.74) is 1.94. The van der Waals surface area contributed by atoms with Crippen LogP contribution in [0.5, 0.6) is 0 Å². The predicted octanol–water partition coefficient (Wildman–Crippen LogP) is 4.45. The van der Waals surface area contributed by atoms with E-state index in [1.807, 2.05) is 34.9 Å². The first-order valence-corrected chi connectivity index (χ1v) is 10.1. The molecule has 1 unspecified atom stereocenters. The van der Waals surface area contributed by atoms with E-state index in [1.54, 1.807) is 37.3 Å². The van der Waals surface area contributed by atoms with Crippen molar-refractivity contribution in [3.8, 4) is 11.4 Å². The average molecular weight is 407 g/mol. The van der Waals surface area contributed by atoms with Crippen LogP contribution in [-0.2, 0) is 11.3 Å². The molecule has 0 radical (unpaired) electrons. The summed E-state index contributed by atoms with van der Waals surface area (Å²) in [6, 6.07) is 16.7. The Morgan fingerprint density at radius 2 is 1.83 bits per heavy atom. The van der Waals surface area contributed by atoms with Crippen LogP contribution >= 0.6 is 11.8 Å². The summed E-state index contributed by atoms with van der Waals surface area (Å²) in [6.07, 6.45) is 1.77. The number of nitrogens with zero attached hydrogens (tertiary/aromatic N) is 3. The van der Waals surface area contributed by atoms with Gasteiger partial charge in [0, 0.05) is 17.7 Å². The molecule has 0 aliphatic heterocycles. The van der Waals surface area contributed by atoms with Crippen molar-refractivity contribution in [2.75, 3.05) is 5.32 Å². The van der Waals surface area contributed by atoms with Gasteiger partial charge >= 0.3 is 0 Å². The highest BCUT2D eigenvalue weighted by atomic mass is 32.2. The maximum Gasteiger partial charge on any atom is 0.237 e. The molecule has 6 nitrogen and oxygen atoms in total. The Morgan fingerprint density at radius 1 is 1.14 bits per heavy atom. The summed E-state index contributed by atoms with van der Waals surface area (Å²) in [5.74, 6) is 0.417. The van der Waals surface area contributed by atoms with Crippen molar-refractivity contribution in [1.29, 1.82) is 0 Å². The highest BCUT2D eigenvalue weighted by Gasteiger charge is 2.21. The summed E-state index contributed by atoms with van der Waals surface area (Å²) in [6.45, 7) is 7.62. The van der Waals surface area contributed by atoms with E-state index in [0.29, 0.717) is 23.0 Å². The lowest BCUT2D eigenvalue weighted by Crippen LogP contribution is -2.24. The maximum atomic E-state index is 12.7. The molecule has 1 heterocycles. The Balaban J connectivity index is 1.79. The van der Waals surface area contributed by atoms with Crippen molar-refractivity contribution in [2.24, 2.45) is 0 Å².